The van der Waals surface area contributed by atoms with Crippen molar-refractivity contribution in [3.63, 3.8) is 0 Å². The fourth-order valence-electron chi connectivity index (χ4n) is 4.16. The van der Waals surface area contributed by atoms with Gasteiger partial charge in [0, 0.05) is 6.42 Å². The zero-order chi connectivity index (χ0) is 21.3. The van der Waals surface area contributed by atoms with Crippen molar-refractivity contribution in [2.45, 2.75) is 58.0 Å². The minimum absolute atomic E-state index is 0.0421. The molecule has 2 aliphatic rings. The van der Waals surface area contributed by atoms with Crippen molar-refractivity contribution < 1.29 is 19.1 Å². The first-order valence-electron chi connectivity index (χ1n) is 11.1. The van der Waals surface area contributed by atoms with E-state index in [0.717, 1.165) is 37.9 Å². The van der Waals surface area contributed by atoms with Crippen LogP contribution in [0.3, 0.4) is 0 Å². The topological polar surface area (TPSA) is 52.6 Å². The van der Waals surface area contributed by atoms with Crippen molar-refractivity contribution in [2.75, 3.05) is 6.61 Å². The average molecular weight is 409 g/mol. The van der Waals surface area contributed by atoms with Gasteiger partial charge in [-0.05, 0) is 79.9 Å². The molecule has 2 aliphatic carbocycles. The van der Waals surface area contributed by atoms with Crippen LogP contribution in [-0.2, 0) is 20.7 Å². The van der Waals surface area contributed by atoms with Gasteiger partial charge in [-0.1, -0.05) is 38.1 Å². The summed E-state index contributed by atoms with van der Waals surface area (Å²) in [6.07, 6.45) is 13.7. The smallest absolute Gasteiger partial charge is 0.338 e. The second kappa shape index (κ2) is 11.0. The Labute approximate surface area is 179 Å². The number of fused-ring (bicyclic) bond motifs is 1. The molecule has 0 spiro atoms. The highest BCUT2D eigenvalue weighted by Crippen LogP contribution is 2.37. The molecule has 0 aliphatic heterocycles. The lowest BCUT2D eigenvalue weighted by atomic mass is 9.75. The number of ether oxygens (including phenoxy) is 2. The zero-order valence-electron chi connectivity index (χ0n) is 17.8. The van der Waals surface area contributed by atoms with Crippen molar-refractivity contribution in [2.24, 2.45) is 11.8 Å². The maximum absolute atomic E-state index is 12.5. The molecule has 0 heterocycles. The van der Waals surface area contributed by atoms with E-state index in [4.69, 9.17) is 9.47 Å². The lowest BCUT2D eigenvalue weighted by Crippen LogP contribution is -2.31. The van der Waals surface area contributed by atoms with E-state index in [1.165, 1.54) is 11.6 Å². The molecule has 1 saturated carbocycles. The van der Waals surface area contributed by atoms with Gasteiger partial charge in [0.15, 0.2) is 5.78 Å². The number of aryl methyl sites for hydroxylation is 1. The van der Waals surface area contributed by atoms with Crippen LogP contribution >= 0.6 is 0 Å². The van der Waals surface area contributed by atoms with E-state index in [1.54, 1.807) is 0 Å². The number of benzene rings is 1. The number of esters is 1. The highest BCUT2D eigenvalue weighted by atomic mass is 16.5. The number of hydrogen-bond donors (Lipinski definition) is 0. The Kier molecular flexibility index (Phi) is 8.06. The first-order valence-corrected chi connectivity index (χ1v) is 11.1. The predicted molar refractivity (Wildman–Crippen MR) is 118 cm³/mol. The lowest BCUT2D eigenvalue weighted by molar-refractivity contribution is -0.114. The van der Waals surface area contributed by atoms with Gasteiger partial charge in [-0.2, -0.15) is 0 Å². The standard InChI is InChI=1S/C26H32O4/c1-3-6-19-8-10-20(11-9-19)26(28)30-25-15-13-21-17-24(14-12-22(21)18-25)29-16-5-7-23(27)4-2/h4,8-12,14,17,21-22,25H,2-3,5-7,13,15-16,18H2,1H3. The van der Waals surface area contributed by atoms with Crippen LogP contribution in [0.2, 0.25) is 0 Å². The van der Waals surface area contributed by atoms with Crippen molar-refractivity contribution in [3.8, 4) is 0 Å². The molecule has 0 saturated heterocycles. The first-order chi connectivity index (χ1) is 14.6. The second-order valence-corrected chi connectivity index (χ2v) is 8.17. The quantitative estimate of drug-likeness (QED) is 0.288. The maximum atomic E-state index is 12.5. The molecule has 0 bridgehead atoms. The Morgan fingerprint density at radius 1 is 1.17 bits per heavy atom. The van der Waals surface area contributed by atoms with Crippen LogP contribution in [0.25, 0.3) is 0 Å². The molecule has 1 aromatic rings. The van der Waals surface area contributed by atoms with Gasteiger partial charge in [-0.15, -0.1) is 0 Å². The van der Waals surface area contributed by atoms with Gasteiger partial charge in [-0.25, -0.2) is 4.79 Å². The van der Waals surface area contributed by atoms with Gasteiger partial charge >= 0.3 is 5.97 Å². The molecule has 4 heteroatoms. The van der Waals surface area contributed by atoms with Crippen LogP contribution < -0.4 is 0 Å². The van der Waals surface area contributed by atoms with E-state index < -0.39 is 0 Å². The van der Waals surface area contributed by atoms with Gasteiger partial charge in [0.05, 0.1) is 12.2 Å². The van der Waals surface area contributed by atoms with Crippen LogP contribution in [0.4, 0.5) is 0 Å². The SMILES string of the molecule is C=CC(=O)CCCOC1=CC2CCC(OC(=O)c3ccc(CCC)cc3)CC2C=C1. The van der Waals surface area contributed by atoms with Crippen LogP contribution in [0, 0.1) is 11.8 Å². The van der Waals surface area contributed by atoms with Gasteiger partial charge in [-0.3, -0.25) is 4.79 Å². The van der Waals surface area contributed by atoms with Gasteiger partial charge in [0.1, 0.15) is 11.9 Å². The van der Waals surface area contributed by atoms with E-state index in [2.05, 4.69) is 25.7 Å². The largest absolute Gasteiger partial charge is 0.494 e. The van der Waals surface area contributed by atoms with E-state index in [0.29, 0.717) is 36.8 Å². The minimum atomic E-state index is -0.227. The van der Waals surface area contributed by atoms with Crippen molar-refractivity contribution >= 4 is 11.8 Å². The number of carbonyl (C=O) groups excluding carboxylic acids is 2. The molecule has 0 aromatic heterocycles. The molecule has 0 radical (unpaired) electrons. The summed E-state index contributed by atoms with van der Waals surface area (Å²) in [7, 11) is 0. The Morgan fingerprint density at radius 2 is 1.97 bits per heavy atom. The molecule has 4 nitrogen and oxygen atoms in total. The lowest BCUT2D eigenvalue weighted by Gasteiger charge is -2.34. The molecule has 1 aromatic carbocycles. The number of carbonyl (C=O) groups is 2. The molecule has 0 amide bonds. The molecular formula is C26H32O4. The zero-order valence-corrected chi connectivity index (χ0v) is 17.8. The fourth-order valence-corrected chi connectivity index (χ4v) is 4.16. The third kappa shape index (κ3) is 6.19. The molecule has 3 rings (SSSR count). The van der Waals surface area contributed by atoms with Crippen LogP contribution in [-0.4, -0.2) is 24.5 Å². The molecule has 1 fully saturated rings. The first kappa shape index (κ1) is 22.1. The van der Waals surface area contributed by atoms with Crippen molar-refractivity contribution in [1.82, 2.24) is 0 Å². The van der Waals surface area contributed by atoms with Crippen LogP contribution in [0.15, 0.2) is 60.9 Å². The summed E-state index contributed by atoms with van der Waals surface area (Å²) in [4.78, 5) is 23.8. The summed E-state index contributed by atoms with van der Waals surface area (Å²) in [5, 5.41) is 0. The third-order valence-corrected chi connectivity index (χ3v) is 5.86. The van der Waals surface area contributed by atoms with Crippen LogP contribution in [0.5, 0.6) is 0 Å². The molecule has 3 unspecified atom stereocenters. The molecule has 160 valence electrons. The Bertz CT molecular complexity index is 803. The molecular weight excluding hydrogens is 376 g/mol. The Hall–Kier alpha value is -2.62. The number of ketones is 1. The Balaban J connectivity index is 1.45. The summed E-state index contributed by atoms with van der Waals surface area (Å²) in [6, 6.07) is 7.77. The predicted octanol–water partition coefficient (Wildman–Crippen LogP) is 5.59. The summed E-state index contributed by atoms with van der Waals surface area (Å²) < 4.78 is 11.6. The summed E-state index contributed by atoms with van der Waals surface area (Å²) in [6.45, 7) is 6.16. The molecule has 3 atom stereocenters. The molecule has 0 N–H and O–H groups in total. The number of rotatable bonds is 10. The monoisotopic (exact) mass is 408 g/mol. The maximum Gasteiger partial charge on any atom is 0.338 e. The number of allylic oxidation sites excluding steroid dienone is 4. The van der Waals surface area contributed by atoms with Gasteiger partial charge < -0.3 is 9.47 Å². The summed E-state index contributed by atoms with van der Waals surface area (Å²) in [5.41, 5.74) is 1.88. The van der Waals surface area contributed by atoms with Gasteiger partial charge in [0.25, 0.3) is 0 Å². The van der Waals surface area contributed by atoms with Gasteiger partial charge in [0.2, 0.25) is 0 Å². The highest BCUT2D eigenvalue weighted by molar-refractivity contribution is 5.89. The van der Waals surface area contributed by atoms with Crippen molar-refractivity contribution in [3.05, 3.63) is 72.0 Å². The normalized spacial score (nSPS) is 22.6. The minimum Gasteiger partial charge on any atom is -0.494 e. The average Bonchev–Trinajstić information content (AvgIpc) is 2.77. The number of hydrogen-bond acceptors (Lipinski definition) is 4. The Morgan fingerprint density at radius 3 is 2.70 bits per heavy atom. The van der Waals surface area contributed by atoms with E-state index in [1.807, 2.05) is 30.3 Å². The van der Waals surface area contributed by atoms with E-state index in [-0.39, 0.29) is 17.9 Å². The second-order valence-electron chi connectivity index (χ2n) is 8.17. The summed E-state index contributed by atoms with van der Waals surface area (Å²) >= 11 is 0. The highest BCUT2D eigenvalue weighted by Gasteiger charge is 2.32. The third-order valence-electron chi connectivity index (χ3n) is 5.86. The molecule has 30 heavy (non-hydrogen) atoms. The van der Waals surface area contributed by atoms with E-state index in [9.17, 15) is 9.59 Å². The fraction of sp³-hybridized carbons (Fsp3) is 0.462. The van der Waals surface area contributed by atoms with Crippen LogP contribution in [0.1, 0.15) is 61.4 Å². The summed E-state index contributed by atoms with van der Waals surface area (Å²) in [5.74, 6) is 1.50. The van der Waals surface area contributed by atoms with Crippen molar-refractivity contribution in [1.29, 1.82) is 0 Å². The van der Waals surface area contributed by atoms with E-state index >= 15 is 0 Å².